The van der Waals surface area contributed by atoms with E-state index in [2.05, 4.69) is 0 Å². The highest BCUT2D eigenvalue weighted by atomic mass is 32.2. The second-order valence-corrected chi connectivity index (χ2v) is 4.93. The molecule has 0 aliphatic heterocycles. The maximum Gasteiger partial charge on any atom is 0.316 e. The molecule has 0 saturated heterocycles. The molecule has 0 heterocycles. The van der Waals surface area contributed by atoms with Crippen LogP contribution in [0, 0.1) is 5.92 Å². The molecule has 0 aromatic heterocycles. The van der Waals surface area contributed by atoms with Gasteiger partial charge in [-0.15, -0.1) is 11.8 Å². The molecule has 3 heteroatoms. The molecule has 1 aromatic carbocycles. The van der Waals surface area contributed by atoms with Gasteiger partial charge in [0.25, 0.3) is 0 Å². The lowest BCUT2D eigenvalue weighted by atomic mass is 10.1. The van der Waals surface area contributed by atoms with Gasteiger partial charge in [-0.2, -0.15) is 0 Å². The van der Waals surface area contributed by atoms with Crippen LogP contribution in [0.3, 0.4) is 0 Å². The Bertz CT molecular complexity index is 309. The van der Waals surface area contributed by atoms with Gasteiger partial charge >= 0.3 is 5.97 Å². The number of benzene rings is 1. The standard InChI is InChI=1S/C12H16O2S/c1-9(2)11(12(13)14)15-8-10-6-4-3-5-7-10/h3-7,9,11H,8H2,1-2H3,(H,13,14). The number of carboxylic acid groups (broad SMARTS) is 1. The molecule has 0 radical (unpaired) electrons. The number of hydrogen-bond donors (Lipinski definition) is 1. The number of rotatable bonds is 5. The van der Waals surface area contributed by atoms with Crippen LogP contribution in [-0.2, 0) is 10.5 Å². The van der Waals surface area contributed by atoms with Gasteiger partial charge in [0.15, 0.2) is 0 Å². The first-order chi connectivity index (χ1) is 7.11. The van der Waals surface area contributed by atoms with Gasteiger partial charge in [-0.05, 0) is 11.5 Å². The van der Waals surface area contributed by atoms with Crippen LogP contribution in [0.25, 0.3) is 0 Å². The van der Waals surface area contributed by atoms with Crippen LogP contribution in [0.2, 0.25) is 0 Å². The minimum atomic E-state index is -0.717. The van der Waals surface area contributed by atoms with E-state index in [0.717, 1.165) is 5.75 Å². The van der Waals surface area contributed by atoms with E-state index in [0.29, 0.717) is 0 Å². The van der Waals surface area contributed by atoms with Crippen molar-refractivity contribution in [2.75, 3.05) is 0 Å². The summed E-state index contributed by atoms with van der Waals surface area (Å²) in [5.41, 5.74) is 1.18. The first-order valence-corrected chi connectivity index (χ1v) is 6.04. The molecule has 1 unspecified atom stereocenters. The number of carboxylic acids is 1. The van der Waals surface area contributed by atoms with Gasteiger partial charge in [0.2, 0.25) is 0 Å². The smallest absolute Gasteiger partial charge is 0.316 e. The molecular formula is C12H16O2S. The number of hydrogen-bond acceptors (Lipinski definition) is 2. The van der Waals surface area contributed by atoms with Gasteiger partial charge in [0.1, 0.15) is 5.25 Å². The molecule has 0 spiro atoms. The van der Waals surface area contributed by atoms with E-state index < -0.39 is 5.97 Å². The van der Waals surface area contributed by atoms with E-state index in [-0.39, 0.29) is 11.2 Å². The van der Waals surface area contributed by atoms with Crippen molar-refractivity contribution >= 4 is 17.7 Å². The summed E-state index contributed by atoms with van der Waals surface area (Å²) in [6.45, 7) is 3.88. The monoisotopic (exact) mass is 224 g/mol. The molecule has 0 amide bonds. The zero-order valence-electron chi connectivity index (χ0n) is 9.01. The Balaban J connectivity index is 2.51. The Morgan fingerprint density at radius 3 is 2.40 bits per heavy atom. The van der Waals surface area contributed by atoms with Crippen molar-refractivity contribution in [1.82, 2.24) is 0 Å². The molecule has 1 rings (SSSR count). The summed E-state index contributed by atoms with van der Waals surface area (Å²) in [5.74, 6) is 0.206. The fourth-order valence-corrected chi connectivity index (χ4v) is 2.40. The maximum absolute atomic E-state index is 10.9. The van der Waals surface area contributed by atoms with E-state index in [1.54, 1.807) is 0 Å². The summed E-state index contributed by atoms with van der Waals surface area (Å²) in [6.07, 6.45) is 0. The normalized spacial score (nSPS) is 12.7. The second-order valence-electron chi connectivity index (χ2n) is 3.80. The Hall–Kier alpha value is -0.960. The first-order valence-electron chi connectivity index (χ1n) is 4.99. The van der Waals surface area contributed by atoms with E-state index in [1.165, 1.54) is 17.3 Å². The highest BCUT2D eigenvalue weighted by Gasteiger charge is 2.21. The van der Waals surface area contributed by atoms with Gasteiger partial charge in [0.05, 0.1) is 0 Å². The fourth-order valence-electron chi connectivity index (χ4n) is 1.31. The number of thioether (sulfide) groups is 1. The molecule has 15 heavy (non-hydrogen) atoms. The van der Waals surface area contributed by atoms with Crippen LogP contribution in [0.4, 0.5) is 0 Å². The van der Waals surface area contributed by atoms with Crippen molar-refractivity contribution in [1.29, 1.82) is 0 Å². The predicted octanol–water partition coefficient (Wildman–Crippen LogP) is 3.03. The first kappa shape index (κ1) is 12.1. The third-order valence-electron chi connectivity index (χ3n) is 2.12. The summed E-state index contributed by atoms with van der Waals surface area (Å²) in [4.78, 5) is 10.9. The Labute approximate surface area is 94.7 Å². The van der Waals surface area contributed by atoms with E-state index in [4.69, 9.17) is 5.11 Å². The minimum Gasteiger partial charge on any atom is -0.480 e. The quantitative estimate of drug-likeness (QED) is 0.835. The highest BCUT2D eigenvalue weighted by Crippen LogP contribution is 2.23. The maximum atomic E-state index is 10.9. The summed E-state index contributed by atoms with van der Waals surface area (Å²) >= 11 is 1.49. The van der Waals surface area contributed by atoms with Gasteiger partial charge in [-0.25, -0.2) is 0 Å². The Kier molecular flexibility index (Phi) is 4.69. The molecule has 0 saturated carbocycles. The van der Waals surface area contributed by atoms with Gasteiger partial charge in [0, 0.05) is 5.75 Å². The Morgan fingerprint density at radius 1 is 1.33 bits per heavy atom. The molecule has 0 fully saturated rings. The van der Waals surface area contributed by atoms with E-state index >= 15 is 0 Å². The van der Waals surface area contributed by atoms with Crippen molar-refractivity contribution in [3.8, 4) is 0 Å². The summed E-state index contributed by atoms with van der Waals surface area (Å²) in [5, 5.41) is 8.69. The van der Waals surface area contributed by atoms with Gasteiger partial charge < -0.3 is 5.11 Å². The Morgan fingerprint density at radius 2 is 1.93 bits per heavy atom. The summed E-state index contributed by atoms with van der Waals surface area (Å²) in [7, 11) is 0. The van der Waals surface area contributed by atoms with Crippen molar-refractivity contribution in [3.63, 3.8) is 0 Å². The van der Waals surface area contributed by atoms with Crippen molar-refractivity contribution < 1.29 is 9.90 Å². The molecule has 1 N–H and O–H groups in total. The molecular weight excluding hydrogens is 208 g/mol. The van der Waals surface area contributed by atoms with E-state index in [9.17, 15) is 4.79 Å². The number of carbonyl (C=O) groups is 1. The molecule has 2 nitrogen and oxygen atoms in total. The lowest BCUT2D eigenvalue weighted by Crippen LogP contribution is -2.22. The van der Waals surface area contributed by atoms with Crippen molar-refractivity contribution in [2.24, 2.45) is 5.92 Å². The van der Waals surface area contributed by atoms with Crippen LogP contribution in [0.1, 0.15) is 19.4 Å². The molecule has 82 valence electrons. The molecule has 1 aromatic rings. The average molecular weight is 224 g/mol. The van der Waals surface area contributed by atoms with Gasteiger partial charge in [-0.1, -0.05) is 44.2 Å². The minimum absolute atomic E-state index is 0.163. The SMILES string of the molecule is CC(C)C(SCc1ccccc1)C(=O)O. The third kappa shape index (κ3) is 3.96. The van der Waals surface area contributed by atoms with Crippen LogP contribution in [0.15, 0.2) is 30.3 Å². The summed E-state index contributed by atoms with van der Waals surface area (Å²) < 4.78 is 0. The number of aliphatic carboxylic acids is 1. The average Bonchev–Trinajstić information content (AvgIpc) is 2.18. The molecule has 0 aliphatic rings. The second kappa shape index (κ2) is 5.81. The van der Waals surface area contributed by atoms with Crippen molar-refractivity contribution in [2.45, 2.75) is 24.9 Å². The van der Waals surface area contributed by atoms with Gasteiger partial charge in [-0.3, -0.25) is 4.79 Å². The van der Waals surface area contributed by atoms with E-state index in [1.807, 2.05) is 44.2 Å². The van der Waals surface area contributed by atoms with Crippen molar-refractivity contribution in [3.05, 3.63) is 35.9 Å². The zero-order valence-corrected chi connectivity index (χ0v) is 9.83. The summed E-state index contributed by atoms with van der Waals surface area (Å²) in [6, 6.07) is 9.95. The molecule has 0 bridgehead atoms. The van der Waals surface area contributed by atoms with Crippen LogP contribution < -0.4 is 0 Å². The lowest BCUT2D eigenvalue weighted by molar-refractivity contribution is -0.137. The van der Waals surface area contributed by atoms with Crippen LogP contribution in [0.5, 0.6) is 0 Å². The zero-order chi connectivity index (χ0) is 11.3. The largest absolute Gasteiger partial charge is 0.480 e. The molecule has 0 aliphatic carbocycles. The molecule has 1 atom stereocenters. The third-order valence-corrected chi connectivity index (χ3v) is 3.73. The van der Waals surface area contributed by atoms with Crippen LogP contribution in [-0.4, -0.2) is 16.3 Å². The van der Waals surface area contributed by atoms with Crippen LogP contribution >= 0.6 is 11.8 Å². The lowest BCUT2D eigenvalue weighted by Gasteiger charge is -2.15. The topological polar surface area (TPSA) is 37.3 Å². The highest BCUT2D eigenvalue weighted by molar-refractivity contribution is 7.99. The fraction of sp³-hybridized carbons (Fsp3) is 0.417. The predicted molar refractivity (Wildman–Crippen MR) is 64.0 cm³/mol.